The van der Waals surface area contributed by atoms with Gasteiger partial charge in [0.1, 0.15) is 5.82 Å². The number of carbonyl (C=O) groups excluding carboxylic acids is 1. The van der Waals surface area contributed by atoms with Gasteiger partial charge in [0, 0.05) is 53.8 Å². The summed E-state index contributed by atoms with van der Waals surface area (Å²) >= 11 is 6.56. The second-order valence-electron chi connectivity index (χ2n) is 9.95. The van der Waals surface area contributed by atoms with Crippen molar-refractivity contribution in [3.05, 3.63) is 82.4 Å². The van der Waals surface area contributed by atoms with Crippen LogP contribution in [0.25, 0.3) is 0 Å². The highest BCUT2D eigenvalue weighted by Gasteiger charge is 2.28. The third kappa shape index (κ3) is 6.11. The minimum absolute atomic E-state index is 0.127. The highest BCUT2D eigenvalue weighted by atomic mass is 35.5. The van der Waals surface area contributed by atoms with Crippen molar-refractivity contribution in [2.24, 2.45) is 0 Å². The minimum Gasteiger partial charge on any atom is -0.369 e. The molecular formula is C29H38ClN5O. The Morgan fingerprint density at radius 1 is 1.11 bits per heavy atom. The number of imidazole rings is 1. The first-order valence-electron chi connectivity index (χ1n) is 12.9. The molecule has 1 saturated carbocycles. The fraction of sp³-hybridized carbons (Fsp3) is 0.448. The van der Waals surface area contributed by atoms with Gasteiger partial charge in [0.2, 0.25) is 0 Å². The number of anilines is 1. The molecule has 0 atom stereocenters. The van der Waals surface area contributed by atoms with E-state index in [1.165, 1.54) is 18.4 Å². The Morgan fingerprint density at radius 3 is 2.47 bits per heavy atom. The Kier molecular flexibility index (Phi) is 8.70. The van der Waals surface area contributed by atoms with Gasteiger partial charge in [0.15, 0.2) is 0 Å². The van der Waals surface area contributed by atoms with Gasteiger partial charge in [0.25, 0.3) is 5.91 Å². The fourth-order valence-electron chi connectivity index (χ4n) is 5.40. The second-order valence-corrected chi connectivity index (χ2v) is 10.4. The van der Waals surface area contributed by atoms with E-state index in [1.54, 1.807) is 12.3 Å². The number of carbonyl (C=O) groups is 1. The SMILES string of the molecule is CCN(c1cc(Cl)cc(C(=O)NCc2nccn2Cc2ccccc2)c1C)[C@H]1CC[C@H](N(C)C)CC1. The molecule has 1 aliphatic rings. The van der Waals surface area contributed by atoms with E-state index >= 15 is 0 Å². The first kappa shape index (κ1) is 26.2. The largest absolute Gasteiger partial charge is 0.369 e. The van der Waals surface area contributed by atoms with Crippen LogP contribution in [0.3, 0.4) is 0 Å². The van der Waals surface area contributed by atoms with Crippen LogP contribution in [0.15, 0.2) is 54.9 Å². The van der Waals surface area contributed by atoms with E-state index in [2.05, 4.69) is 57.8 Å². The molecule has 1 heterocycles. The molecule has 1 amide bonds. The van der Waals surface area contributed by atoms with Crippen LogP contribution >= 0.6 is 11.6 Å². The highest BCUT2D eigenvalue weighted by molar-refractivity contribution is 6.31. The molecule has 1 aliphatic carbocycles. The molecule has 0 radical (unpaired) electrons. The third-order valence-corrected chi connectivity index (χ3v) is 7.70. The number of halogens is 1. The summed E-state index contributed by atoms with van der Waals surface area (Å²) in [5.41, 5.74) is 3.85. The van der Waals surface area contributed by atoms with Crippen LogP contribution in [0.1, 0.15) is 59.9 Å². The van der Waals surface area contributed by atoms with Gasteiger partial charge in [-0.2, -0.15) is 0 Å². The lowest BCUT2D eigenvalue weighted by Crippen LogP contribution is -2.42. The standard InChI is InChI=1S/C29H38ClN5O/c1-5-35(25-13-11-24(12-14-25)33(3)4)27-18-23(30)17-26(21(27)2)29(36)32-19-28-31-15-16-34(28)20-22-9-7-6-8-10-22/h6-10,15-18,24-25H,5,11-14,19-20H2,1-4H3,(H,32,36)/t24-,25-. The molecule has 0 spiro atoms. The Balaban J connectivity index is 1.47. The van der Waals surface area contributed by atoms with E-state index in [9.17, 15) is 4.79 Å². The van der Waals surface area contributed by atoms with Crippen LogP contribution in [0.4, 0.5) is 5.69 Å². The average molecular weight is 508 g/mol. The summed E-state index contributed by atoms with van der Waals surface area (Å²) in [6, 6.07) is 15.2. The Morgan fingerprint density at radius 2 is 1.81 bits per heavy atom. The first-order chi connectivity index (χ1) is 17.4. The van der Waals surface area contributed by atoms with Crippen LogP contribution in [0, 0.1) is 6.92 Å². The van der Waals surface area contributed by atoms with E-state index in [-0.39, 0.29) is 5.91 Å². The Bertz CT molecular complexity index is 1150. The number of aromatic nitrogens is 2. The first-order valence-corrected chi connectivity index (χ1v) is 13.3. The zero-order valence-corrected chi connectivity index (χ0v) is 22.6. The summed E-state index contributed by atoms with van der Waals surface area (Å²) < 4.78 is 2.06. The van der Waals surface area contributed by atoms with Crippen molar-refractivity contribution in [1.82, 2.24) is 19.8 Å². The van der Waals surface area contributed by atoms with Crippen molar-refractivity contribution in [3.8, 4) is 0 Å². The minimum atomic E-state index is -0.127. The van der Waals surface area contributed by atoms with Crippen LogP contribution in [-0.4, -0.2) is 53.1 Å². The van der Waals surface area contributed by atoms with E-state index in [4.69, 9.17) is 11.6 Å². The van der Waals surface area contributed by atoms with Gasteiger partial charge in [0.05, 0.1) is 6.54 Å². The van der Waals surface area contributed by atoms with Gasteiger partial charge in [-0.3, -0.25) is 4.79 Å². The van der Waals surface area contributed by atoms with Gasteiger partial charge in [-0.15, -0.1) is 0 Å². The Labute approximate surface area is 220 Å². The summed E-state index contributed by atoms with van der Waals surface area (Å²) in [7, 11) is 4.34. The summed E-state index contributed by atoms with van der Waals surface area (Å²) in [5.74, 6) is 0.692. The number of rotatable bonds is 9. The quantitative estimate of drug-likeness (QED) is 0.414. The summed E-state index contributed by atoms with van der Waals surface area (Å²) in [6.07, 6.45) is 8.40. The maximum Gasteiger partial charge on any atom is 0.252 e. The van der Waals surface area contributed by atoms with E-state index in [0.717, 1.165) is 36.5 Å². The number of nitrogens with zero attached hydrogens (tertiary/aromatic N) is 4. The molecule has 4 rings (SSSR count). The fourth-order valence-corrected chi connectivity index (χ4v) is 5.61. The summed E-state index contributed by atoms with van der Waals surface area (Å²) in [4.78, 5) is 22.6. The van der Waals surface area contributed by atoms with E-state index < -0.39 is 0 Å². The van der Waals surface area contributed by atoms with Crippen LogP contribution in [0.2, 0.25) is 5.02 Å². The van der Waals surface area contributed by atoms with Crippen molar-refractivity contribution < 1.29 is 4.79 Å². The van der Waals surface area contributed by atoms with E-state index in [1.807, 2.05) is 37.4 Å². The predicted octanol–water partition coefficient (Wildman–Crippen LogP) is 5.52. The zero-order chi connectivity index (χ0) is 25.7. The molecule has 0 unspecified atom stereocenters. The number of nitrogens with one attached hydrogen (secondary N) is 1. The van der Waals surface area contributed by atoms with Crippen molar-refractivity contribution >= 4 is 23.2 Å². The predicted molar refractivity (Wildman–Crippen MR) is 148 cm³/mol. The maximum absolute atomic E-state index is 13.3. The van der Waals surface area contributed by atoms with Crippen LogP contribution < -0.4 is 10.2 Å². The number of hydrogen-bond donors (Lipinski definition) is 1. The molecule has 0 saturated heterocycles. The van der Waals surface area contributed by atoms with Crippen molar-refractivity contribution in [2.45, 2.75) is 64.7 Å². The molecule has 0 aliphatic heterocycles. The molecule has 1 aromatic heterocycles. The molecule has 1 fully saturated rings. The lowest BCUT2D eigenvalue weighted by Gasteiger charge is -2.40. The molecule has 0 bridgehead atoms. The normalized spacial score (nSPS) is 17.8. The van der Waals surface area contributed by atoms with Crippen LogP contribution in [0.5, 0.6) is 0 Å². The van der Waals surface area contributed by atoms with Gasteiger partial charge in [-0.05, 0) is 76.9 Å². The molecule has 3 aromatic rings. The van der Waals surface area contributed by atoms with Gasteiger partial charge < -0.3 is 19.7 Å². The van der Waals surface area contributed by atoms with Gasteiger partial charge in [-0.25, -0.2) is 4.98 Å². The lowest BCUT2D eigenvalue weighted by molar-refractivity contribution is 0.0949. The topological polar surface area (TPSA) is 53.4 Å². The number of hydrogen-bond acceptors (Lipinski definition) is 4. The molecule has 1 N–H and O–H groups in total. The van der Waals surface area contributed by atoms with Gasteiger partial charge in [-0.1, -0.05) is 41.9 Å². The smallest absolute Gasteiger partial charge is 0.252 e. The monoisotopic (exact) mass is 507 g/mol. The average Bonchev–Trinajstić information content (AvgIpc) is 3.32. The van der Waals surface area contributed by atoms with Gasteiger partial charge >= 0.3 is 0 Å². The molecule has 36 heavy (non-hydrogen) atoms. The highest BCUT2D eigenvalue weighted by Crippen LogP contribution is 2.34. The Hall–Kier alpha value is -2.83. The van der Waals surface area contributed by atoms with E-state index in [0.29, 0.717) is 35.8 Å². The summed E-state index contributed by atoms with van der Waals surface area (Å²) in [6.45, 7) is 6.17. The maximum atomic E-state index is 13.3. The van der Waals surface area contributed by atoms with Crippen molar-refractivity contribution in [1.29, 1.82) is 0 Å². The lowest BCUT2D eigenvalue weighted by atomic mass is 9.89. The molecule has 2 aromatic carbocycles. The van der Waals surface area contributed by atoms with Crippen LogP contribution in [-0.2, 0) is 13.1 Å². The molecule has 192 valence electrons. The number of amides is 1. The van der Waals surface area contributed by atoms with Crippen molar-refractivity contribution in [2.75, 3.05) is 25.5 Å². The molecule has 6 nitrogen and oxygen atoms in total. The summed E-state index contributed by atoms with van der Waals surface area (Å²) in [5, 5.41) is 3.66. The second kappa shape index (κ2) is 11.9. The van der Waals surface area contributed by atoms with Crippen molar-refractivity contribution in [3.63, 3.8) is 0 Å². The molecular weight excluding hydrogens is 470 g/mol. The zero-order valence-electron chi connectivity index (χ0n) is 21.9. The number of benzene rings is 2. The molecule has 7 heteroatoms. The third-order valence-electron chi connectivity index (χ3n) is 7.48.